The van der Waals surface area contributed by atoms with E-state index in [2.05, 4.69) is 15.0 Å². The second-order valence-corrected chi connectivity index (χ2v) is 4.01. The SMILES string of the molecule is OCCc1cn(Cc2cc(F)ccc2OC(F)F)nn1. The van der Waals surface area contributed by atoms with Crippen molar-refractivity contribution in [3.05, 3.63) is 41.5 Å². The molecule has 1 aromatic carbocycles. The molecule has 2 rings (SSSR count). The molecule has 2 aromatic rings. The van der Waals surface area contributed by atoms with E-state index in [0.29, 0.717) is 12.1 Å². The van der Waals surface area contributed by atoms with E-state index in [-0.39, 0.29) is 24.5 Å². The second kappa shape index (κ2) is 6.38. The predicted octanol–water partition coefficient (Wildman–Crippen LogP) is 1.60. The Morgan fingerprint density at radius 1 is 1.35 bits per heavy atom. The van der Waals surface area contributed by atoms with Crippen LogP contribution in [0.2, 0.25) is 0 Å². The normalized spacial score (nSPS) is 11.1. The van der Waals surface area contributed by atoms with Crippen LogP contribution in [0.15, 0.2) is 24.4 Å². The van der Waals surface area contributed by atoms with Gasteiger partial charge in [0.2, 0.25) is 0 Å². The second-order valence-electron chi connectivity index (χ2n) is 4.01. The van der Waals surface area contributed by atoms with Crippen molar-refractivity contribution in [3.63, 3.8) is 0 Å². The first-order valence-electron chi connectivity index (χ1n) is 5.81. The summed E-state index contributed by atoms with van der Waals surface area (Å²) in [4.78, 5) is 0. The maximum absolute atomic E-state index is 13.2. The zero-order chi connectivity index (χ0) is 14.5. The van der Waals surface area contributed by atoms with Gasteiger partial charge in [-0.05, 0) is 18.2 Å². The fourth-order valence-corrected chi connectivity index (χ4v) is 1.70. The monoisotopic (exact) mass is 287 g/mol. The molecule has 8 heteroatoms. The summed E-state index contributed by atoms with van der Waals surface area (Å²) >= 11 is 0. The van der Waals surface area contributed by atoms with Crippen LogP contribution in [0.3, 0.4) is 0 Å². The molecule has 0 amide bonds. The van der Waals surface area contributed by atoms with Crippen LogP contribution >= 0.6 is 0 Å². The average molecular weight is 287 g/mol. The van der Waals surface area contributed by atoms with Gasteiger partial charge < -0.3 is 9.84 Å². The summed E-state index contributed by atoms with van der Waals surface area (Å²) in [5.74, 6) is -0.669. The number of ether oxygens (including phenoxy) is 1. The third kappa shape index (κ3) is 3.70. The number of benzene rings is 1. The molecule has 0 saturated heterocycles. The highest BCUT2D eigenvalue weighted by atomic mass is 19.3. The minimum Gasteiger partial charge on any atom is -0.434 e. The fraction of sp³-hybridized carbons (Fsp3) is 0.333. The molecule has 0 aliphatic rings. The Morgan fingerprint density at radius 2 is 2.15 bits per heavy atom. The van der Waals surface area contributed by atoms with Crippen molar-refractivity contribution in [2.45, 2.75) is 19.6 Å². The standard InChI is InChI=1S/C12H12F3N3O2/c13-9-1-2-11(20-12(14)15)8(5-9)6-18-7-10(3-4-19)16-17-18/h1-2,5,7,12,19H,3-4,6H2. The van der Waals surface area contributed by atoms with E-state index in [1.807, 2.05) is 0 Å². The van der Waals surface area contributed by atoms with Crippen LogP contribution < -0.4 is 4.74 Å². The molecule has 0 spiro atoms. The topological polar surface area (TPSA) is 60.2 Å². The molecule has 0 unspecified atom stereocenters. The average Bonchev–Trinajstić information content (AvgIpc) is 2.80. The maximum atomic E-state index is 13.2. The van der Waals surface area contributed by atoms with Crippen LogP contribution in [0, 0.1) is 5.82 Å². The summed E-state index contributed by atoms with van der Waals surface area (Å²) < 4.78 is 43.4. The molecule has 0 bridgehead atoms. The summed E-state index contributed by atoms with van der Waals surface area (Å²) in [6, 6.07) is 3.28. The molecular formula is C12H12F3N3O2. The van der Waals surface area contributed by atoms with E-state index in [1.165, 1.54) is 4.68 Å². The molecule has 20 heavy (non-hydrogen) atoms. The molecule has 0 radical (unpaired) electrons. The van der Waals surface area contributed by atoms with E-state index >= 15 is 0 Å². The largest absolute Gasteiger partial charge is 0.434 e. The predicted molar refractivity (Wildman–Crippen MR) is 62.9 cm³/mol. The number of hydrogen-bond donors (Lipinski definition) is 1. The molecule has 0 aliphatic carbocycles. The van der Waals surface area contributed by atoms with Crippen LogP contribution in [0.5, 0.6) is 5.75 Å². The molecule has 108 valence electrons. The lowest BCUT2D eigenvalue weighted by Gasteiger charge is -2.10. The van der Waals surface area contributed by atoms with Gasteiger partial charge in [0.1, 0.15) is 11.6 Å². The highest BCUT2D eigenvalue weighted by molar-refractivity contribution is 5.34. The molecule has 1 N–H and O–H groups in total. The lowest BCUT2D eigenvalue weighted by atomic mass is 10.2. The number of rotatable bonds is 6. The third-order valence-electron chi connectivity index (χ3n) is 2.52. The molecule has 0 fully saturated rings. The highest BCUT2D eigenvalue weighted by Gasteiger charge is 2.12. The summed E-state index contributed by atoms with van der Waals surface area (Å²) in [5, 5.41) is 16.3. The van der Waals surface area contributed by atoms with Crippen molar-refractivity contribution in [2.24, 2.45) is 0 Å². The number of nitrogens with zero attached hydrogens (tertiary/aromatic N) is 3. The number of hydrogen-bond acceptors (Lipinski definition) is 4. The quantitative estimate of drug-likeness (QED) is 0.876. The van der Waals surface area contributed by atoms with Gasteiger partial charge >= 0.3 is 6.61 Å². The Hall–Kier alpha value is -2.09. The maximum Gasteiger partial charge on any atom is 0.387 e. The van der Waals surface area contributed by atoms with Gasteiger partial charge in [-0.3, -0.25) is 0 Å². The molecule has 5 nitrogen and oxygen atoms in total. The van der Waals surface area contributed by atoms with Gasteiger partial charge in [0.15, 0.2) is 0 Å². The minimum absolute atomic E-state index is 0.0399. The van der Waals surface area contributed by atoms with E-state index in [4.69, 9.17) is 5.11 Å². The van der Waals surface area contributed by atoms with Gasteiger partial charge in [-0.25, -0.2) is 9.07 Å². The number of alkyl halides is 2. The van der Waals surface area contributed by atoms with E-state index in [1.54, 1.807) is 6.20 Å². The van der Waals surface area contributed by atoms with Crippen molar-refractivity contribution in [1.29, 1.82) is 0 Å². The summed E-state index contributed by atoms with van der Waals surface area (Å²) in [7, 11) is 0. The first-order chi connectivity index (χ1) is 9.58. The minimum atomic E-state index is -2.99. The van der Waals surface area contributed by atoms with Gasteiger partial charge in [-0.2, -0.15) is 8.78 Å². The smallest absolute Gasteiger partial charge is 0.387 e. The molecule has 1 heterocycles. The Labute approximate surface area is 112 Å². The first kappa shape index (κ1) is 14.3. The summed E-state index contributed by atoms with van der Waals surface area (Å²) in [5.41, 5.74) is 0.783. The van der Waals surface area contributed by atoms with E-state index in [0.717, 1.165) is 18.2 Å². The van der Waals surface area contributed by atoms with Crippen molar-refractivity contribution < 1.29 is 23.0 Å². The zero-order valence-electron chi connectivity index (χ0n) is 10.3. The van der Waals surface area contributed by atoms with E-state index in [9.17, 15) is 13.2 Å². The Morgan fingerprint density at radius 3 is 2.85 bits per heavy atom. The molecule has 0 saturated carbocycles. The van der Waals surface area contributed by atoms with Gasteiger partial charge in [0, 0.05) is 24.8 Å². The molecule has 0 atom stereocenters. The number of aliphatic hydroxyl groups excluding tert-OH is 1. The number of aromatic nitrogens is 3. The number of aliphatic hydroxyl groups is 1. The lowest BCUT2D eigenvalue weighted by molar-refractivity contribution is -0.0505. The van der Waals surface area contributed by atoms with Gasteiger partial charge in [0.25, 0.3) is 0 Å². The van der Waals surface area contributed by atoms with Crippen LogP contribution in [-0.4, -0.2) is 33.3 Å². The van der Waals surface area contributed by atoms with Crippen LogP contribution in [-0.2, 0) is 13.0 Å². The fourth-order valence-electron chi connectivity index (χ4n) is 1.70. The van der Waals surface area contributed by atoms with Gasteiger partial charge in [0.05, 0.1) is 12.2 Å². The summed E-state index contributed by atoms with van der Waals surface area (Å²) in [6.07, 6.45) is 1.89. The Bertz CT molecular complexity index is 575. The van der Waals surface area contributed by atoms with Crippen molar-refractivity contribution in [1.82, 2.24) is 15.0 Å². The van der Waals surface area contributed by atoms with Crippen LogP contribution in [0.25, 0.3) is 0 Å². The lowest BCUT2D eigenvalue weighted by Crippen LogP contribution is -2.08. The zero-order valence-corrected chi connectivity index (χ0v) is 10.3. The van der Waals surface area contributed by atoms with Crippen LogP contribution in [0.1, 0.15) is 11.3 Å². The van der Waals surface area contributed by atoms with Gasteiger partial charge in [-0.1, -0.05) is 5.21 Å². The Balaban J connectivity index is 2.19. The molecular weight excluding hydrogens is 275 g/mol. The highest BCUT2D eigenvalue weighted by Crippen LogP contribution is 2.22. The third-order valence-corrected chi connectivity index (χ3v) is 2.52. The summed E-state index contributed by atoms with van der Waals surface area (Å²) in [6.45, 7) is -3.02. The van der Waals surface area contributed by atoms with Gasteiger partial charge in [-0.15, -0.1) is 5.10 Å². The van der Waals surface area contributed by atoms with Crippen LogP contribution in [0.4, 0.5) is 13.2 Å². The Kier molecular flexibility index (Phi) is 4.57. The molecule has 1 aromatic heterocycles. The van der Waals surface area contributed by atoms with E-state index < -0.39 is 12.4 Å². The van der Waals surface area contributed by atoms with Crippen molar-refractivity contribution in [3.8, 4) is 5.75 Å². The van der Waals surface area contributed by atoms with Crippen molar-refractivity contribution in [2.75, 3.05) is 6.61 Å². The number of halogens is 3. The first-order valence-corrected chi connectivity index (χ1v) is 5.81. The molecule has 0 aliphatic heterocycles. The van der Waals surface area contributed by atoms with Crippen molar-refractivity contribution >= 4 is 0 Å².